The van der Waals surface area contributed by atoms with Crippen LogP contribution in [0.1, 0.15) is 50.0 Å². The van der Waals surface area contributed by atoms with Gasteiger partial charge >= 0.3 is 12.1 Å². The number of β-lactam (4-membered cyclic amide) rings is 1. The minimum absolute atomic E-state index is 0.119. The Morgan fingerprint density at radius 2 is 1.36 bits per heavy atom. The molecule has 0 unspecified atom stereocenters. The molecule has 4 aromatic rings. The second kappa shape index (κ2) is 19.7. The molecule has 0 spiro atoms. The summed E-state index contributed by atoms with van der Waals surface area (Å²) in [5.41, 5.74) is 0.826. The lowest BCUT2D eigenvalue weighted by Gasteiger charge is -2.53. The molecule has 0 bridgehead atoms. The molecule has 1 fully saturated rings. The van der Waals surface area contributed by atoms with E-state index in [2.05, 4.69) is 40.4 Å². The van der Waals surface area contributed by atoms with Crippen LogP contribution in [0.3, 0.4) is 0 Å². The highest BCUT2D eigenvalue weighted by Gasteiger charge is 2.57. The van der Waals surface area contributed by atoms with Crippen LogP contribution < -0.4 is 21.2 Å². The number of alkyl carbamates (subject to hydrolysis) is 1. The molecular formula is C46H50Cl3N2O8PSi. The first-order chi connectivity index (χ1) is 28.7. The number of halogens is 3. The average Bonchev–Trinajstić information content (AvgIpc) is 3.22. The first-order valence-corrected chi connectivity index (χ1v) is 25.5. The van der Waals surface area contributed by atoms with Crippen molar-refractivity contribution in [2.75, 3.05) is 6.61 Å². The number of hydrogen-bond acceptors (Lipinski definition) is 8. The van der Waals surface area contributed by atoms with Crippen molar-refractivity contribution in [2.45, 2.75) is 74.8 Å². The molecule has 1 aliphatic rings. The number of alkyl halides is 3. The molecule has 10 nitrogen and oxygen atoms in total. The van der Waals surface area contributed by atoms with Crippen molar-refractivity contribution in [2.24, 2.45) is 5.92 Å². The third kappa shape index (κ3) is 10.6. The van der Waals surface area contributed by atoms with Crippen molar-refractivity contribution in [3.8, 4) is 0 Å². The average molecular weight is 924 g/mol. The van der Waals surface area contributed by atoms with Crippen molar-refractivity contribution < 1.29 is 37.9 Å². The van der Waals surface area contributed by atoms with Crippen molar-refractivity contribution in [1.29, 1.82) is 0 Å². The monoisotopic (exact) mass is 922 g/mol. The van der Waals surface area contributed by atoms with E-state index in [4.69, 9.17) is 48.7 Å². The number of carbonyl (C=O) groups excluding carboxylic acids is 5. The fraction of sp³-hybridized carbons (Fsp3) is 0.304. The smallest absolute Gasteiger partial charge is 0.414 e. The first-order valence-electron chi connectivity index (χ1n) is 19.6. The van der Waals surface area contributed by atoms with E-state index < -0.39 is 55.0 Å². The number of esters is 1. The number of rotatable bonds is 15. The van der Waals surface area contributed by atoms with Crippen LogP contribution in [0.4, 0.5) is 4.79 Å². The van der Waals surface area contributed by atoms with E-state index in [9.17, 15) is 14.4 Å². The van der Waals surface area contributed by atoms with Crippen molar-refractivity contribution >= 4 is 101 Å². The maximum absolute atomic E-state index is 15.2. The Hall–Kier alpha value is -4.48. The number of carbonyl (C=O) groups is 5. The highest BCUT2D eigenvalue weighted by atomic mass is 35.6. The van der Waals surface area contributed by atoms with E-state index in [0.29, 0.717) is 5.56 Å². The lowest BCUT2D eigenvalue weighted by atomic mass is 9.79. The Bertz CT molecular complexity index is 2210. The van der Waals surface area contributed by atoms with Gasteiger partial charge in [0.1, 0.15) is 18.6 Å². The van der Waals surface area contributed by atoms with Crippen LogP contribution in [-0.4, -0.2) is 70.8 Å². The summed E-state index contributed by atoms with van der Waals surface area (Å²) in [7, 11) is -2.45. The van der Waals surface area contributed by atoms with E-state index >= 15 is 9.59 Å². The van der Waals surface area contributed by atoms with E-state index in [0.717, 1.165) is 15.9 Å². The molecule has 3 atom stereocenters. The molecule has 15 heteroatoms. The minimum Gasteiger partial charge on any atom is -0.457 e. The van der Waals surface area contributed by atoms with Gasteiger partial charge in [-0.15, -0.1) is 0 Å². The molecule has 1 heterocycles. The zero-order valence-corrected chi connectivity index (χ0v) is 39.1. The fourth-order valence-electron chi connectivity index (χ4n) is 7.13. The Morgan fingerprint density at radius 3 is 1.84 bits per heavy atom. The van der Waals surface area contributed by atoms with Crippen LogP contribution in [0.5, 0.6) is 0 Å². The molecule has 1 N–H and O–H groups in total. The summed E-state index contributed by atoms with van der Waals surface area (Å²) in [6.07, 6.45) is -0.497. The zero-order chi connectivity index (χ0) is 44.8. The highest BCUT2D eigenvalue weighted by Crippen LogP contribution is 2.51. The summed E-state index contributed by atoms with van der Waals surface area (Å²) >= 11 is 16.7. The second-order valence-corrected chi connectivity index (χ2v) is 26.5. The van der Waals surface area contributed by atoms with Gasteiger partial charge in [0.2, 0.25) is 5.91 Å². The van der Waals surface area contributed by atoms with Gasteiger partial charge in [0.25, 0.3) is 9.70 Å². The molecule has 1 aliphatic heterocycles. The third-order valence-corrected chi connectivity index (χ3v) is 20.4. The summed E-state index contributed by atoms with van der Waals surface area (Å²) < 4.78 is 15.6. The quantitative estimate of drug-likeness (QED) is 0.0239. The van der Waals surface area contributed by atoms with Gasteiger partial charge in [-0.2, -0.15) is 0 Å². The van der Waals surface area contributed by atoms with Crippen LogP contribution in [0, 0.1) is 5.92 Å². The predicted octanol–water partition coefficient (Wildman–Crippen LogP) is 8.47. The summed E-state index contributed by atoms with van der Waals surface area (Å²) in [5, 5.41) is 4.07. The zero-order valence-electron chi connectivity index (χ0n) is 34.9. The van der Waals surface area contributed by atoms with E-state index in [1.807, 2.05) is 103 Å². The van der Waals surface area contributed by atoms with Crippen LogP contribution in [0.2, 0.25) is 18.1 Å². The lowest BCUT2D eigenvalue weighted by molar-refractivity contribution is -0.156. The molecule has 61 heavy (non-hydrogen) atoms. The van der Waals surface area contributed by atoms with Gasteiger partial charge < -0.3 is 18.8 Å². The maximum Gasteiger partial charge on any atom is 0.414 e. The molecule has 1 saturated heterocycles. The van der Waals surface area contributed by atoms with Gasteiger partial charge in [0.05, 0.1) is 18.1 Å². The SMILES string of the molecule is C=CCOC(=O)C(N1C(=O)[C@H]([C@@H](C)O[Si](C)(C)C(C)(C)C)[C@H]1CC(=O)c1cccc(COC(=O)NC(=O)C(Cl)(Cl)Cl)c1)=P(c1ccccc1)(c1ccccc1)c1ccccc1. The summed E-state index contributed by atoms with van der Waals surface area (Å²) in [6, 6.07) is 34.4. The number of ketones is 1. The van der Waals surface area contributed by atoms with Crippen molar-refractivity contribution in [1.82, 2.24) is 10.2 Å². The number of Topliss-reactive ketones (excluding diaryl/α,β-unsaturated/α-hetero) is 1. The fourth-order valence-corrected chi connectivity index (χ4v) is 13.1. The van der Waals surface area contributed by atoms with Gasteiger partial charge in [-0.1, -0.05) is 177 Å². The standard InChI is InChI=1S/C46H50Cl3N2O8PSi/c1-8-27-57-42(54)41(60(34-21-12-9-13-22-34,35-23-14-10-15-24-35)36-25-16-11-17-26-36)51-37(39(40(51)53)31(2)59-61(6,7)45(3,4)5)29-38(52)33-20-18-19-32(28-33)30-58-44(56)50-43(55)46(47,48)49/h8-26,28,31,37,39H,1,27,29-30H2,2-7H3,(H,50,55,56)/t31-,37-,39-/m1/s1. The minimum atomic E-state index is -3.28. The number of likely N-dealkylation sites (tertiary alicyclic amines) is 1. The summed E-state index contributed by atoms with van der Waals surface area (Å²) in [5.74, 6) is -3.41. The molecule has 322 valence electrons. The van der Waals surface area contributed by atoms with Crippen molar-refractivity contribution in [3.05, 3.63) is 139 Å². The molecule has 0 aromatic heterocycles. The number of ether oxygens (including phenoxy) is 2. The van der Waals surface area contributed by atoms with Crippen molar-refractivity contribution in [3.63, 3.8) is 0 Å². The Morgan fingerprint density at radius 1 is 0.836 bits per heavy atom. The first kappa shape index (κ1) is 47.6. The second-order valence-electron chi connectivity index (χ2n) is 16.1. The Balaban J connectivity index is 1.70. The van der Waals surface area contributed by atoms with Crippen LogP contribution >= 0.6 is 41.7 Å². The number of imide groups is 1. The number of nitrogens with zero attached hydrogens (tertiary/aromatic N) is 1. The van der Waals surface area contributed by atoms with Gasteiger partial charge in [0, 0.05) is 18.9 Å². The molecule has 0 saturated carbocycles. The van der Waals surface area contributed by atoms with Gasteiger partial charge in [-0.05, 0) is 52.6 Å². The lowest BCUT2D eigenvalue weighted by Crippen LogP contribution is -2.69. The number of nitrogens with one attached hydrogen (secondary N) is 1. The highest BCUT2D eigenvalue weighted by molar-refractivity contribution is 7.96. The number of benzene rings is 4. The Labute approximate surface area is 373 Å². The largest absolute Gasteiger partial charge is 0.457 e. The summed E-state index contributed by atoms with van der Waals surface area (Å²) in [6.45, 7) is 12.5. The van der Waals surface area contributed by atoms with Crippen LogP contribution in [0.25, 0.3) is 0 Å². The van der Waals surface area contributed by atoms with Crippen LogP contribution in [-0.2, 0) is 34.9 Å². The molecule has 0 aliphatic carbocycles. The summed E-state index contributed by atoms with van der Waals surface area (Å²) in [4.78, 5) is 70.5. The van der Waals surface area contributed by atoms with Gasteiger partial charge in [0.15, 0.2) is 14.1 Å². The number of hydrogen-bond donors (Lipinski definition) is 1. The third-order valence-electron chi connectivity index (χ3n) is 11.0. The molecule has 4 aromatic carbocycles. The van der Waals surface area contributed by atoms with Gasteiger partial charge in [-0.3, -0.25) is 19.7 Å². The maximum atomic E-state index is 15.2. The van der Waals surface area contributed by atoms with E-state index in [1.165, 1.54) is 11.0 Å². The van der Waals surface area contributed by atoms with E-state index in [1.54, 1.807) is 24.3 Å². The Kier molecular flexibility index (Phi) is 15.4. The van der Waals surface area contributed by atoms with E-state index in [-0.39, 0.29) is 47.3 Å². The number of amides is 3. The molecule has 3 amide bonds. The molecule has 0 radical (unpaired) electrons. The van der Waals surface area contributed by atoms with Gasteiger partial charge in [-0.25, -0.2) is 9.59 Å². The van der Waals surface area contributed by atoms with Crippen LogP contribution in [0.15, 0.2) is 128 Å². The topological polar surface area (TPSA) is 128 Å². The molecular weight excluding hydrogens is 874 g/mol. The molecule has 5 rings (SSSR count). The predicted molar refractivity (Wildman–Crippen MR) is 247 cm³/mol. The normalized spacial score (nSPS) is 16.1.